The first kappa shape index (κ1) is 31.0. The van der Waals surface area contributed by atoms with Gasteiger partial charge in [0.25, 0.3) is 11.8 Å². The maximum absolute atomic E-state index is 13.4. The standard InChI is InChI=1S/C30H37N7O4.ClH/c38-27-9-8-21-10-13-32-28(39)20-36(30(41)26-19-37(35-34-26)18-22-5-4-11-31-17-22)14-2-1-12-33-29(40)24-7-3-6-23(16-24)25(27)15-21;/h3,6-9,15-16,19,22,31,38H,1-2,4-5,10-14,17-18,20H2,(H,32,39)(H,33,40);1H. The number of hydrogen-bond acceptors (Lipinski definition) is 7. The third-order valence-corrected chi connectivity index (χ3v) is 7.60. The Hall–Kier alpha value is -3.96. The van der Waals surface area contributed by atoms with E-state index in [0.717, 1.165) is 37.1 Å². The van der Waals surface area contributed by atoms with E-state index in [1.165, 1.54) is 4.90 Å². The highest BCUT2D eigenvalue weighted by Gasteiger charge is 2.23. The van der Waals surface area contributed by atoms with Crippen LogP contribution in [0.3, 0.4) is 0 Å². The zero-order valence-electron chi connectivity index (χ0n) is 23.6. The van der Waals surface area contributed by atoms with Crippen LogP contribution in [0.15, 0.2) is 48.7 Å². The van der Waals surface area contributed by atoms with Gasteiger partial charge >= 0.3 is 0 Å². The highest BCUT2D eigenvalue weighted by Crippen LogP contribution is 2.31. The van der Waals surface area contributed by atoms with E-state index in [-0.39, 0.29) is 48.1 Å². The van der Waals surface area contributed by atoms with Crippen molar-refractivity contribution in [2.24, 2.45) is 5.92 Å². The SMILES string of the molecule is Cl.O=C1CN(C(=O)c2cn(CC3CCCNC3)nn2)CCCCNC(=O)c2cccc(c2)-c2cc(ccc2O)CCN1. The van der Waals surface area contributed by atoms with Gasteiger partial charge in [-0.1, -0.05) is 23.4 Å². The third kappa shape index (κ3) is 8.07. The van der Waals surface area contributed by atoms with E-state index in [2.05, 4.69) is 26.3 Å². The fourth-order valence-electron chi connectivity index (χ4n) is 5.35. The Morgan fingerprint density at radius 1 is 1.00 bits per heavy atom. The summed E-state index contributed by atoms with van der Waals surface area (Å²) in [5.74, 6) is -0.253. The molecule has 1 atom stereocenters. The summed E-state index contributed by atoms with van der Waals surface area (Å²) in [4.78, 5) is 40.6. The van der Waals surface area contributed by atoms with Gasteiger partial charge in [-0.15, -0.1) is 17.5 Å². The summed E-state index contributed by atoms with van der Waals surface area (Å²) < 4.78 is 1.71. The van der Waals surface area contributed by atoms with Gasteiger partial charge in [0, 0.05) is 37.3 Å². The number of piperidine rings is 1. The van der Waals surface area contributed by atoms with E-state index in [9.17, 15) is 19.5 Å². The summed E-state index contributed by atoms with van der Waals surface area (Å²) >= 11 is 0. The van der Waals surface area contributed by atoms with E-state index in [0.29, 0.717) is 62.5 Å². The fraction of sp³-hybridized carbons (Fsp3) is 0.433. The number of aromatic nitrogens is 3. The molecule has 0 radical (unpaired) electrons. The number of fused-ring (bicyclic) bond motifs is 5. The number of hydrogen-bond donors (Lipinski definition) is 4. The molecule has 3 heterocycles. The molecule has 12 heteroatoms. The molecular weight excluding hydrogens is 558 g/mol. The molecule has 4 N–H and O–H groups in total. The van der Waals surface area contributed by atoms with Gasteiger partial charge in [-0.05, 0) is 86.5 Å². The Morgan fingerprint density at radius 2 is 1.86 bits per heavy atom. The van der Waals surface area contributed by atoms with E-state index in [4.69, 9.17) is 0 Å². The molecule has 5 rings (SSSR count). The summed E-state index contributed by atoms with van der Waals surface area (Å²) in [5.41, 5.74) is 3.00. The van der Waals surface area contributed by atoms with Crippen LogP contribution in [0.1, 0.15) is 52.1 Å². The highest BCUT2D eigenvalue weighted by atomic mass is 35.5. The molecule has 4 bridgehead atoms. The van der Waals surface area contributed by atoms with E-state index in [1.807, 2.05) is 18.2 Å². The number of phenolic OH excluding ortho intramolecular Hbond substituents is 1. The van der Waals surface area contributed by atoms with Crippen LogP contribution in [-0.4, -0.2) is 82.0 Å². The number of carbonyl (C=O) groups excluding carboxylic acids is 3. The normalized spacial score (nSPS) is 18.6. The van der Waals surface area contributed by atoms with Crippen molar-refractivity contribution in [1.82, 2.24) is 35.8 Å². The van der Waals surface area contributed by atoms with Gasteiger partial charge in [0.05, 0.1) is 12.7 Å². The van der Waals surface area contributed by atoms with E-state index in [1.54, 1.807) is 35.1 Å². The van der Waals surface area contributed by atoms with Crippen molar-refractivity contribution in [3.63, 3.8) is 0 Å². The maximum atomic E-state index is 13.4. The van der Waals surface area contributed by atoms with Crippen LogP contribution < -0.4 is 16.0 Å². The molecule has 2 aliphatic rings. The molecule has 1 fully saturated rings. The summed E-state index contributed by atoms with van der Waals surface area (Å²) in [6.07, 6.45) is 5.65. The fourth-order valence-corrected chi connectivity index (χ4v) is 5.35. The molecular formula is C30H38ClN7O4. The van der Waals surface area contributed by atoms with Gasteiger partial charge in [-0.25, -0.2) is 0 Å². The van der Waals surface area contributed by atoms with Crippen LogP contribution in [0.2, 0.25) is 0 Å². The van der Waals surface area contributed by atoms with Crippen LogP contribution in [0.25, 0.3) is 11.1 Å². The molecule has 11 nitrogen and oxygen atoms in total. The molecule has 2 aromatic carbocycles. The molecule has 2 aliphatic heterocycles. The number of amides is 3. The molecule has 42 heavy (non-hydrogen) atoms. The number of halogens is 1. The zero-order valence-corrected chi connectivity index (χ0v) is 24.4. The van der Waals surface area contributed by atoms with Gasteiger partial charge in [0.15, 0.2) is 5.69 Å². The lowest BCUT2D eigenvalue weighted by Gasteiger charge is -2.22. The minimum atomic E-state index is -0.341. The second-order valence-electron chi connectivity index (χ2n) is 10.8. The molecule has 0 aliphatic carbocycles. The summed E-state index contributed by atoms with van der Waals surface area (Å²) in [5, 5.41) is 28.0. The first-order valence-electron chi connectivity index (χ1n) is 14.3. The van der Waals surface area contributed by atoms with Crippen molar-refractivity contribution in [3.8, 4) is 16.9 Å². The minimum absolute atomic E-state index is 0. The second kappa shape index (κ2) is 14.8. The Kier molecular flexibility index (Phi) is 10.9. The van der Waals surface area contributed by atoms with Crippen LogP contribution in [0.4, 0.5) is 0 Å². The lowest BCUT2D eigenvalue weighted by atomic mass is 9.98. The van der Waals surface area contributed by atoms with E-state index >= 15 is 0 Å². The number of nitrogens with zero attached hydrogens (tertiary/aromatic N) is 4. The molecule has 1 saturated heterocycles. The summed E-state index contributed by atoms with van der Waals surface area (Å²) in [7, 11) is 0. The number of carbonyl (C=O) groups is 3. The lowest BCUT2D eigenvalue weighted by Crippen LogP contribution is -2.42. The monoisotopic (exact) mass is 595 g/mol. The summed E-state index contributed by atoms with van der Waals surface area (Å²) in [6, 6.07) is 12.4. The largest absolute Gasteiger partial charge is 0.507 e. The highest BCUT2D eigenvalue weighted by molar-refractivity contribution is 5.96. The predicted molar refractivity (Wildman–Crippen MR) is 161 cm³/mol. The Labute approximate surface area is 251 Å². The molecule has 0 spiro atoms. The molecule has 0 saturated carbocycles. The molecule has 1 aromatic heterocycles. The molecule has 1 unspecified atom stereocenters. The van der Waals surface area contributed by atoms with Gasteiger partial charge < -0.3 is 26.0 Å². The van der Waals surface area contributed by atoms with Crippen molar-refractivity contribution in [2.45, 2.75) is 38.6 Å². The van der Waals surface area contributed by atoms with Crippen molar-refractivity contribution in [3.05, 3.63) is 65.5 Å². The summed E-state index contributed by atoms with van der Waals surface area (Å²) in [6.45, 7) is 3.68. The van der Waals surface area contributed by atoms with Gasteiger partial charge in [-0.3, -0.25) is 19.1 Å². The zero-order chi connectivity index (χ0) is 28.6. The molecule has 3 amide bonds. The average molecular weight is 596 g/mol. The van der Waals surface area contributed by atoms with E-state index < -0.39 is 0 Å². The van der Waals surface area contributed by atoms with Crippen LogP contribution in [-0.2, 0) is 17.8 Å². The predicted octanol–water partition coefficient (Wildman–Crippen LogP) is 2.40. The number of benzene rings is 2. The Bertz CT molecular complexity index is 1390. The minimum Gasteiger partial charge on any atom is -0.507 e. The van der Waals surface area contributed by atoms with Crippen molar-refractivity contribution in [2.75, 3.05) is 39.3 Å². The third-order valence-electron chi connectivity index (χ3n) is 7.60. The number of rotatable bonds is 3. The van der Waals surface area contributed by atoms with Crippen molar-refractivity contribution < 1.29 is 19.5 Å². The first-order valence-corrected chi connectivity index (χ1v) is 14.3. The van der Waals surface area contributed by atoms with Gasteiger partial charge in [0.1, 0.15) is 5.75 Å². The number of phenols is 1. The molecule has 3 aromatic rings. The number of aromatic hydroxyl groups is 1. The quantitative estimate of drug-likeness (QED) is 0.364. The van der Waals surface area contributed by atoms with Crippen molar-refractivity contribution in [1.29, 1.82) is 0 Å². The Morgan fingerprint density at radius 3 is 2.69 bits per heavy atom. The second-order valence-corrected chi connectivity index (χ2v) is 10.8. The molecule has 224 valence electrons. The first-order chi connectivity index (χ1) is 20.0. The Balaban J connectivity index is 0.00000405. The number of nitrogens with one attached hydrogen (secondary N) is 3. The van der Waals surface area contributed by atoms with Crippen molar-refractivity contribution >= 4 is 30.1 Å². The van der Waals surface area contributed by atoms with Crippen LogP contribution >= 0.6 is 12.4 Å². The lowest BCUT2D eigenvalue weighted by molar-refractivity contribution is -0.121. The van der Waals surface area contributed by atoms with Crippen LogP contribution in [0.5, 0.6) is 5.75 Å². The smallest absolute Gasteiger partial charge is 0.276 e. The average Bonchev–Trinajstić information content (AvgIpc) is 3.45. The van der Waals surface area contributed by atoms with Gasteiger partial charge in [0.2, 0.25) is 5.91 Å². The topological polar surface area (TPSA) is 141 Å². The van der Waals surface area contributed by atoms with Gasteiger partial charge in [-0.2, -0.15) is 0 Å². The van der Waals surface area contributed by atoms with Crippen LogP contribution in [0, 0.1) is 5.92 Å². The maximum Gasteiger partial charge on any atom is 0.276 e.